The molecule has 0 aliphatic rings. The maximum Gasteiger partial charge on any atom is 0.298 e. The molecule has 7 aromatic rings. The van der Waals surface area contributed by atoms with Crippen molar-refractivity contribution in [2.75, 3.05) is 0 Å². The summed E-state index contributed by atoms with van der Waals surface area (Å²) in [4.78, 5) is 49.3. The Labute approximate surface area is 345 Å². The summed E-state index contributed by atoms with van der Waals surface area (Å²) in [5.41, 5.74) is 13.9. The van der Waals surface area contributed by atoms with Crippen LogP contribution in [0.15, 0.2) is 93.9 Å². The third-order valence-corrected chi connectivity index (χ3v) is 10.7. The van der Waals surface area contributed by atoms with Gasteiger partial charge in [-0.1, -0.05) is 35.4 Å². The van der Waals surface area contributed by atoms with Crippen LogP contribution < -0.4 is 21.7 Å². The Morgan fingerprint density at radius 1 is 0.717 bits per heavy atom. The predicted molar refractivity (Wildman–Crippen MR) is 225 cm³/mol. The Morgan fingerprint density at radius 2 is 1.28 bits per heavy atom. The van der Waals surface area contributed by atoms with Gasteiger partial charge in [-0.05, 0) is 90.1 Å². The van der Waals surface area contributed by atoms with Crippen LogP contribution in [0.1, 0.15) is 76.0 Å². The van der Waals surface area contributed by atoms with E-state index in [1.54, 1.807) is 69.5 Å². The molecule has 7 rings (SSSR count). The Morgan fingerprint density at radius 3 is 1.87 bits per heavy atom. The van der Waals surface area contributed by atoms with Crippen LogP contribution in [0, 0.1) is 19.7 Å². The molecule has 4 aromatic heterocycles. The summed E-state index contributed by atoms with van der Waals surface area (Å²) < 4.78 is 31.8. The number of benzene rings is 3. The number of fused-ring (bicyclic) bond motifs is 2. The lowest BCUT2D eigenvalue weighted by atomic mass is 10.1. The van der Waals surface area contributed by atoms with Gasteiger partial charge < -0.3 is 28.7 Å². The van der Waals surface area contributed by atoms with Gasteiger partial charge in [0, 0.05) is 51.4 Å². The summed E-state index contributed by atoms with van der Waals surface area (Å²) >= 11 is 0. The molecular weight excluding hydrogens is 766 g/mol. The molecule has 0 aliphatic carbocycles. The number of primary amides is 1. The van der Waals surface area contributed by atoms with Gasteiger partial charge in [0.2, 0.25) is 17.1 Å². The largest absolute Gasteiger partial charge is 0.487 e. The molecule has 0 atom stereocenters. The third kappa shape index (κ3) is 7.75. The molecule has 0 saturated heterocycles. The van der Waals surface area contributed by atoms with E-state index in [1.165, 1.54) is 6.07 Å². The molecular formula is C44H48FN11O4. The summed E-state index contributed by atoms with van der Waals surface area (Å²) in [6.07, 6.45) is 0. The summed E-state index contributed by atoms with van der Waals surface area (Å²) in [7, 11) is 3.62. The molecule has 310 valence electrons. The lowest BCUT2D eigenvalue weighted by molar-refractivity contribution is 0.0977. The average molecular weight is 814 g/mol. The zero-order valence-electron chi connectivity index (χ0n) is 35.0. The van der Waals surface area contributed by atoms with Crippen molar-refractivity contribution < 1.29 is 23.5 Å². The maximum atomic E-state index is 14.7. The van der Waals surface area contributed by atoms with E-state index in [-0.39, 0.29) is 19.0 Å². The number of halogens is 1. The van der Waals surface area contributed by atoms with Crippen molar-refractivity contribution in [1.82, 2.24) is 37.8 Å². The van der Waals surface area contributed by atoms with Gasteiger partial charge in [-0.25, -0.2) is 4.39 Å². The van der Waals surface area contributed by atoms with Crippen molar-refractivity contribution in [2.45, 2.75) is 74.3 Å². The molecule has 0 bridgehead atoms. The first-order valence-corrected chi connectivity index (χ1v) is 19.7. The van der Waals surface area contributed by atoms with Crippen LogP contribution in [0.25, 0.3) is 22.1 Å². The number of carbonyl (C=O) groups excluding carboxylic acids is 3. The molecule has 3 amide bonds. The molecule has 4 heterocycles. The van der Waals surface area contributed by atoms with Crippen LogP contribution in [0.4, 0.5) is 4.39 Å². The highest BCUT2D eigenvalue weighted by Gasteiger charge is 2.21. The minimum Gasteiger partial charge on any atom is -0.487 e. The van der Waals surface area contributed by atoms with E-state index in [1.807, 2.05) is 80.5 Å². The topological polar surface area (TPSA) is 167 Å². The quantitative estimate of drug-likeness (QED) is 0.156. The molecule has 0 aliphatic heterocycles. The summed E-state index contributed by atoms with van der Waals surface area (Å²) in [5.74, 6) is -1.39. The highest BCUT2D eigenvalue weighted by atomic mass is 19.1. The van der Waals surface area contributed by atoms with Gasteiger partial charge in [-0.3, -0.25) is 23.7 Å². The molecule has 2 N–H and O–H groups in total. The molecule has 3 aromatic carbocycles. The number of carbonyl (C=O) groups is 3. The van der Waals surface area contributed by atoms with E-state index in [0.29, 0.717) is 81.6 Å². The van der Waals surface area contributed by atoms with E-state index < -0.39 is 17.7 Å². The maximum absolute atomic E-state index is 14.7. The van der Waals surface area contributed by atoms with Crippen molar-refractivity contribution in [3.8, 4) is 5.75 Å². The van der Waals surface area contributed by atoms with Crippen molar-refractivity contribution >= 4 is 39.8 Å². The fraction of sp³-hybridized carbons (Fsp3) is 0.295. The first kappa shape index (κ1) is 41.1. The van der Waals surface area contributed by atoms with E-state index >= 15 is 0 Å². The van der Waals surface area contributed by atoms with Gasteiger partial charge in [0.1, 0.15) is 35.1 Å². The van der Waals surface area contributed by atoms with Gasteiger partial charge in [-0.2, -0.15) is 20.2 Å². The van der Waals surface area contributed by atoms with Crippen molar-refractivity contribution in [1.29, 1.82) is 0 Å². The van der Waals surface area contributed by atoms with Gasteiger partial charge in [0.25, 0.3) is 11.8 Å². The van der Waals surface area contributed by atoms with Crippen LogP contribution >= 0.6 is 0 Å². The molecule has 15 nitrogen and oxygen atoms in total. The molecule has 16 heteroatoms. The molecule has 0 fully saturated rings. The van der Waals surface area contributed by atoms with Crippen LogP contribution in [-0.4, -0.2) is 55.6 Å². The van der Waals surface area contributed by atoms with Gasteiger partial charge in [0.15, 0.2) is 0 Å². The van der Waals surface area contributed by atoms with Crippen LogP contribution in [0.3, 0.4) is 0 Å². The van der Waals surface area contributed by atoms with Gasteiger partial charge >= 0.3 is 0 Å². The first-order chi connectivity index (χ1) is 28.7. The number of nitrogens with two attached hydrogens (primary N) is 1. The normalized spacial score (nSPS) is 12.8. The Kier molecular flexibility index (Phi) is 11.4. The zero-order valence-corrected chi connectivity index (χ0v) is 35.0. The number of hydrogen-bond acceptors (Lipinski definition) is 6. The molecule has 60 heavy (non-hydrogen) atoms. The van der Waals surface area contributed by atoms with Crippen LogP contribution in [-0.2, 0) is 46.9 Å². The number of allylic oxidation sites excluding steroid dienone is 2. The molecule has 0 unspecified atom stereocenters. The third-order valence-electron chi connectivity index (χ3n) is 10.7. The second-order valence-electron chi connectivity index (χ2n) is 14.8. The van der Waals surface area contributed by atoms with Gasteiger partial charge in [-0.15, -0.1) is 0 Å². The number of aryl methyl sites for hydroxylation is 6. The number of imidazole rings is 2. The van der Waals surface area contributed by atoms with Crippen LogP contribution in [0.2, 0.25) is 0 Å². The average Bonchev–Trinajstić information content (AvgIpc) is 3.95. The smallest absolute Gasteiger partial charge is 0.298 e. The SMILES string of the molecule is CCn1nc(C)cc1C(=O)N=c1n(C)c2cc(C(N)=O)ccc2n1C/C(C)=C(\C)Cn1c(=NC(=O)c2cc(C)nn2CC)n(C)c2cccc(OCc3ccccc3F)c21. The number of para-hydroxylation sites is 1. The number of hydrogen-bond donors (Lipinski definition) is 1. The molecule has 0 radical (unpaired) electrons. The summed E-state index contributed by atoms with van der Waals surface area (Å²) in [6.45, 7) is 13.0. The molecule has 0 saturated carbocycles. The number of nitrogens with zero attached hydrogens (tertiary/aromatic N) is 10. The lowest BCUT2D eigenvalue weighted by Gasteiger charge is -2.14. The molecule has 0 spiro atoms. The first-order valence-electron chi connectivity index (χ1n) is 19.7. The van der Waals surface area contributed by atoms with E-state index in [0.717, 1.165) is 22.2 Å². The van der Waals surface area contributed by atoms with Gasteiger partial charge in [0.05, 0.1) is 27.9 Å². The van der Waals surface area contributed by atoms with Crippen molar-refractivity contribution in [2.24, 2.45) is 29.8 Å². The fourth-order valence-corrected chi connectivity index (χ4v) is 7.43. The Bertz CT molecular complexity index is 3020. The highest BCUT2D eigenvalue weighted by molar-refractivity contribution is 5.97. The zero-order chi connectivity index (χ0) is 43.0. The fourth-order valence-electron chi connectivity index (χ4n) is 7.43. The summed E-state index contributed by atoms with van der Waals surface area (Å²) in [5, 5.41) is 8.89. The van der Waals surface area contributed by atoms with Crippen molar-refractivity contribution in [3.05, 3.63) is 135 Å². The predicted octanol–water partition coefficient (Wildman–Crippen LogP) is 5.66. The highest BCUT2D eigenvalue weighted by Crippen LogP contribution is 2.28. The Balaban J connectivity index is 1.38. The number of rotatable bonds is 12. The van der Waals surface area contributed by atoms with E-state index in [4.69, 9.17) is 15.5 Å². The minimum absolute atomic E-state index is 0.0201. The Hall–Kier alpha value is -7.10. The second kappa shape index (κ2) is 16.6. The van der Waals surface area contributed by atoms with E-state index in [9.17, 15) is 18.8 Å². The standard InChI is InChI=1S/C44H48FN11O4/c1-9-55-36(20-28(5)49-55)41(58)47-43-52(8)35-22-30(40(46)57)18-19-33(35)53(43)23-26(3)27(4)24-54-39-34(16-13-17-38(39)60-25-31-14-11-12-15-32(31)45)51(7)44(54)48-42(59)37-21-29(6)50-56(37)10-2/h11-22H,9-10,23-25H2,1-8H3,(H2,46,57)/b27-26+,47-43?,48-44?. The lowest BCUT2D eigenvalue weighted by Crippen LogP contribution is -2.28. The van der Waals surface area contributed by atoms with Crippen molar-refractivity contribution in [3.63, 3.8) is 0 Å². The van der Waals surface area contributed by atoms with E-state index in [2.05, 4.69) is 15.2 Å². The second-order valence-corrected chi connectivity index (χ2v) is 14.8. The number of ether oxygens (including phenoxy) is 1. The summed E-state index contributed by atoms with van der Waals surface area (Å²) in [6, 6.07) is 20.6. The van der Waals surface area contributed by atoms with Crippen LogP contribution in [0.5, 0.6) is 5.75 Å². The minimum atomic E-state index is -0.577. The monoisotopic (exact) mass is 813 g/mol. The number of aromatic nitrogens is 8. The number of amides is 3.